The molecule has 2 aliphatic rings. The van der Waals surface area contributed by atoms with Gasteiger partial charge in [-0.3, -0.25) is 19.7 Å². The van der Waals surface area contributed by atoms with E-state index in [0.717, 1.165) is 12.1 Å². The van der Waals surface area contributed by atoms with Crippen LogP contribution in [0.5, 0.6) is 5.75 Å². The summed E-state index contributed by atoms with van der Waals surface area (Å²) in [6.07, 6.45) is 1.79. The van der Waals surface area contributed by atoms with Gasteiger partial charge in [-0.25, -0.2) is 0 Å². The molecule has 2 aromatic rings. The number of dihydropyridines is 1. The van der Waals surface area contributed by atoms with Crippen molar-refractivity contribution in [3.63, 3.8) is 0 Å². The van der Waals surface area contributed by atoms with Gasteiger partial charge in [0.1, 0.15) is 5.75 Å². The minimum Gasteiger partial charge on any atom is -0.495 e. The number of allylic oxidation sites excluding steroid dienone is 3. The van der Waals surface area contributed by atoms with Crippen LogP contribution >= 0.6 is 0 Å². The van der Waals surface area contributed by atoms with Crippen LogP contribution in [-0.4, -0.2) is 23.7 Å². The van der Waals surface area contributed by atoms with Gasteiger partial charge in [0.25, 0.3) is 11.6 Å². The standard InChI is InChI=1S/C24H23N3O5/c1-14-21(24(29)26-17-9-3-4-12-20(17)32-2)22(15-7-5-8-16(13-15)27(30)31)23-18(25-14)10-6-11-19(23)28/h3-5,7-9,12-13,22,25H,6,10-11H2,1-2H3,(H,26,29). The third-order valence-corrected chi connectivity index (χ3v) is 5.79. The normalized spacial score (nSPS) is 18.1. The number of benzene rings is 2. The lowest BCUT2D eigenvalue weighted by molar-refractivity contribution is -0.384. The first-order valence-corrected chi connectivity index (χ1v) is 10.3. The summed E-state index contributed by atoms with van der Waals surface area (Å²) in [6, 6.07) is 13.2. The quantitative estimate of drug-likeness (QED) is 0.540. The number of ketones is 1. The smallest absolute Gasteiger partial charge is 0.269 e. The van der Waals surface area contributed by atoms with E-state index in [4.69, 9.17) is 4.74 Å². The average Bonchev–Trinajstić information content (AvgIpc) is 2.78. The van der Waals surface area contributed by atoms with Gasteiger partial charge in [-0.15, -0.1) is 0 Å². The summed E-state index contributed by atoms with van der Waals surface area (Å²) in [5.41, 5.74) is 3.19. The number of carbonyl (C=O) groups excluding carboxylic acids is 2. The van der Waals surface area contributed by atoms with Gasteiger partial charge in [-0.2, -0.15) is 0 Å². The molecule has 1 heterocycles. The van der Waals surface area contributed by atoms with Crippen molar-refractivity contribution < 1.29 is 19.2 Å². The second-order valence-corrected chi connectivity index (χ2v) is 7.77. The number of carbonyl (C=O) groups is 2. The van der Waals surface area contributed by atoms with Crippen LogP contribution in [-0.2, 0) is 9.59 Å². The number of nitro groups is 1. The zero-order valence-electron chi connectivity index (χ0n) is 17.8. The van der Waals surface area contributed by atoms with Gasteiger partial charge in [-0.05, 0) is 37.5 Å². The summed E-state index contributed by atoms with van der Waals surface area (Å²) in [7, 11) is 1.52. The van der Waals surface area contributed by atoms with E-state index < -0.39 is 16.7 Å². The Bertz CT molecular complexity index is 1180. The largest absolute Gasteiger partial charge is 0.495 e. The van der Waals surface area contributed by atoms with E-state index in [1.165, 1.54) is 19.2 Å². The number of nitro benzene ring substituents is 1. The maximum absolute atomic E-state index is 13.5. The van der Waals surface area contributed by atoms with Crippen LogP contribution in [0.25, 0.3) is 0 Å². The van der Waals surface area contributed by atoms with Gasteiger partial charge in [0.15, 0.2) is 5.78 Å². The number of hydrogen-bond donors (Lipinski definition) is 2. The lowest BCUT2D eigenvalue weighted by Crippen LogP contribution is -2.35. The first-order chi connectivity index (χ1) is 15.4. The molecule has 0 saturated carbocycles. The minimum atomic E-state index is -0.700. The number of rotatable bonds is 5. The summed E-state index contributed by atoms with van der Waals surface area (Å²) >= 11 is 0. The molecular weight excluding hydrogens is 410 g/mol. The monoisotopic (exact) mass is 433 g/mol. The zero-order chi connectivity index (χ0) is 22.8. The highest BCUT2D eigenvalue weighted by Crippen LogP contribution is 2.43. The van der Waals surface area contributed by atoms with Gasteiger partial charge >= 0.3 is 0 Å². The van der Waals surface area contributed by atoms with Crippen molar-refractivity contribution in [3.05, 3.63) is 86.7 Å². The van der Waals surface area contributed by atoms with Crippen LogP contribution in [0, 0.1) is 10.1 Å². The second kappa shape index (κ2) is 8.66. The van der Waals surface area contributed by atoms with E-state index in [2.05, 4.69) is 10.6 Å². The maximum Gasteiger partial charge on any atom is 0.269 e. The van der Waals surface area contributed by atoms with E-state index in [1.807, 2.05) is 0 Å². The van der Waals surface area contributed by atoms with Gasteiger partial charge in [0, 0.05) is 47.0 Å². The lowest BCUT2D eigenvalue weighted by atomic mass is 9.75. The number of para-hydroxylation sites is 2. The van der Waals surface area contributed by atoms with Crippen LogP contribution in [0.15, 0.2) is 71.1 Å². The molecule has 164 valence electrons. The van der Waals surface area contributed by atoms with Crippen LogP contribution in [0.2, 0.25) is 0 Å². The molecule has 0 radical (unpaired) electrons. The van der Waals surface area contributed by atoms with Crippen LogP contribution in [0.1, 0.15) is 37.7 Å². The fraction of sp³-hybridized carbons (Fsp3) is 0.250. The SMILES string of the molecule is COc1ccccc1NC(=O)C1=C(C)NC2=C(C(=O)CCC2)C1c1cccc([N+](=O)[O-])c1. The van der Waals surface area contributed by atoms with Crippen molar-refractivity contribution in [2.75, 3.05) is 12.4 Å². The molecule has 8 heteroatoms. The van der Waals surface area contributed by atoms with E-state index >= 15 is 0 Å². The Morgan fingerprint density at radius 3 is 2.72 bits per heavy atom. The first kappa shape index (κ1) is 21.3. The molecule has 2 aromatic carbocycles. The Labute approximate surface area is 185 Å². The van der Waals surface area contributed by atoms with E-state index in [1.54, 1.807) is 43.3 Å². The fourth-order valence-electron chi connectivity index (χ4n) is 4.37. The van der Waals surface area contributed by atoms with Crippen LogP contribution in [0.3, 0.4) is 0 Å². The Balaban J connectivity index is 1.82. The molecule has 4 rings (SSSR count). The lowest BCUT2D eigenvalue weighted by Gasteiger charge is -2.34. The predicted octanol–water partition coefficient (Wildman–Crippen LogP) is 4.21. The minimum absolute atomic E-state index is 0.0506. The molecule has 0 fully saturated rings. The number of nitrogens with one attached hydrogen (secondary N) is 2. The Kier molecular flexibility index (Phi) is 5.77. The number of amides is 1. The molecule has 0 spiro atoms. The molecule has 1 unspecified atom stereocenters. The molecule has 1 atom stereocenters. The molecule has 0 bridgehead atoms. The molecule has 0 saturated heterocycles. The van der Waals surface area contributed by atoms with E-state index in [-0.39, 0.29) is 11.5 Å². The number of anilines is 1. The van der Waals surface area contributed by atoms with Crippen molar-refractivity contribution in [2.45, 2.75) is 32.1 Å². The van der Waals surface area contributed by atoms with E-state index in [9.17, 15) is 19.7 Å². The summed E-state index contributed by atoms with van der Waals surface area (Å²) in [6.45, 7) is 1.78. The Morgan fingerprint density at radius 2 is 1.97 bits per heavy atom. The third-order valence-electron chi connectivity index (χ3n) is 5.79. The summed E-state index contributed by atoms with van der Waals surface area (Å²) in [5, 5.41) is 17.5. The number of hydrogen-bond acceptors (Lipinski definition) is 6. The highest BCUT2D eigenvalue weighted by Gasteiger charge is 2.39. The molecule has 1 amide bonds. The van der Waals surface area contributed by atoms with E-state index in [0.29, 0.717) is 46.7 Å². The third kappa shape index (κ3) is 3.87. The van der Waals surface area contributed by atoms with Gasteiger partial charge in [0.2, 0.25) is 0 Å². The molecular formula is C24H23N3O5. The zero-order valence-corrected chi connectivity index (χ0v) is 17.8. The number of non-ortho nitro benzene ring substituents is 1. The van der Waals surface area contributed by atoms with Crippen LogP contribution < -0.4 is 15.4 Å². The van der Waals surface area contributed by atoms with Crippen LogP contribution in [0.4, 0.5) is 11.4 Å². The first-order valence-electron chi connectivity index (χ1n) is 10.3. The molecule has 8 nitrogen and oxygen atoms in total. The average molecular weight is 433 g/mol. The Morgan fingerprint density at radius 1 is 1.19 bits per heavy atom. The highest BCUT2D eigenvalue weighted by atomic mass is 16.6. The molecule has 2 N–H and O–H groups in total. The van der Waals surface area contributed by atoms with Crippen molar-refractivity contribution in [2.24, 2.45) is 0 Å². The maximum atomic E-state index is 13.5. The number of ether oxygens (including phenoxy) is 1. The fourth-order valence-corrected chi connectivity index (χ4v) is 4.37. The van der Waals surface area contributed by atoms with Crippen molar-refractivity contribution in [3.8, 4) is 5.75 Å². The molecule has 1 aliphatic heterocycles. The van der Waals surface area contributed by atoms with Gasteiger partial charge in [0.05, 0.1) is 17.7 Å². The van der Waals surface area contributed by atoms with Crippen molar-refractivity contribution in [1.82, 2.24) is 5.32 Å². The summed E-state index contributed by atoms with van der Waals surface area (Å²) in [5.74, 6) is -0.650. The molecule has 32 heavy (non-hydrogen) atoms. The van der Waals surface area contributed by atoms with Gasteiger partial charge < -0.3 is 15.4 Å². The Hall–Kier alpha value is -3.94. The van der Waals surface area contributed by atoms with Crippen molar-refractivity contribution >= 4 is 23.1 Å². The van der Waals surface area contributed by atoms with Crippen molar-refractivity contribution in [1.29, 1.82) is 0 Å². The summed E-state index contributed by atoms with van der Waals surface area (Å²) in [4.78, 5) is 37.4. The second-order valence-electron chi connectivity index (χ2n) is 7.77. The number of nitrogens with zero attached hydrogens (tertiary/aromatic N) is 1. The predicted molar refractivity (Wildman–Crippen MR) is 119 cm³/mol. The van der Waals surface area contributed by atoms with Gasteiger partial charge in [-0.1, -0.05) is 24.3 Å². The number of methoxy groups -OCH3 is 1. The molecule has 1 aliphatic carbocycles. The number of Topliss-reactive ketones (excluding diaryl/α,β-unsaturated/α-hetero) is 1. The molecule has 0 aromatic heterocycles. The highest BCUT2D eigenvalue weighted by molar-refractivity contribution is 6.10. The topological polar surface area (TPSA) is 111 Å². The summed E-state index contributed by atoms with van der Waals surface area (Å²) < 4.78 is 5.33.